The minimum atomic E-state index is -4.97. The van der Waals surface area contributed by atoms with E-state index in [1.165, 1.54) is 244 Å². The van der Waals surface area contributed by atoms with Crippen molar-refractivity contribution < 1.29 is 80.2 Å². The molecule has 0 saturated heterocycles. The lowest BCUT2D eigenvalue weighted by Gasteiger charge is -2.21. The zero-order chi connectivity index (χ0) is 76.7. The Kier molecular flexibility index (Phi) is 72.5. The second kappa shape index (κ2) is 73.8. The first-order chi connectivity index (χ1) is 50.2. The third-order valence-electron chi connectivity index (χ3n) is 20.5. The Morgan fingerprint density at radius 2 is 0.462 bits per heavy atom. The predicted molar refractivity (Wildman–Crippen MR) is 428 cm³/mol. The maximum Gasteiger partial charge on any atom is 0.472 e. The van der Waals surface area contributed by atoms with Crippen LogP contribution in [0.25, 0.3) is 0 Å². The molecule has 19 heteroatoms. The number of hydrogen-bond donors (Lipinski definition) is 3. The first-order valence-corrected chi connectivity index (χ1v) is 46.8. The Hall–Kier alpha value is -1.94. The summed E-state index contributed by atoms with van der Waals surface area (Å²) < 4.78 is 68.9. The van der Waals surface area contributed by atoms with E-state index in [2.05, 4.69) is 55.4 Å². The van der Waals surface area contributed by atoms with Gasteiger partial charge in [0.2, 0.25) is 0 Å². The minimum absolute atomic E-state index is 0.105. The number of aliphatic hydroxyl groups excluding tert-OH is 1. The minimum Gasteiger partial charge on any atom is -0.462 e. The highest BCUT2D eigenvalue weighted by molar-refractivity contribution is 7.47. The number of carbonyl (C=O) groups excluding carboxylic acids is 4. The molecule has 0 amide bonds. The average Bonchev–Trinajstić information content (AvgIpc) is 0.904. The summed E-state index contributed by atoms with van der Waals surface area (Å²) in [5.41, 5.74) is 0. The number of aliphatic hydroxyl groups is 1. The summed E-state index contributed by atoms with van der Waals surface area (Å²) in [6.45, 7) is 14.4. The molecule has 0 radical (unpaired) electrons. The van der Waals surface area contributed by atoms with Crippen LogP contribution in [0.2, 0.25) is 0 Å². The van der Waals surface area contributed by atoms with Gasteiger partial charge >= 0.3 is 39.5 Å². The Labute approximate surface area is 638 Å². The van der Waals surface area contributed by atoms with Gasteiger partial charge in [-0.25, -0.2) is 9.13 Å². The second-order valence-corrected chi connectivity index (χ2v) is 34.9. The van der Waals surface area contributed by atoms with Crippen LogP contribution in [0.5, 0.6) is 0 Å². The van der Waals surface area contributed by atoms with Crippen molar-refractivity contribution in [3.8, 4) is 0 Å². The molecule has 0 aliphatic heterocycles. The summed E-state index contributed by atoms with van der Waals surface area (Å²) in [6.07, 6.45) is 62.4. The van der Waals surface area contributed by atoms with Gasteiger partial charge in [-0.1, -0.05) is 389 Å². The molecule has 0 aliphatic carbocycles. The Balaban J connectivity index is 5.24. The van der Waals surface area contributed by atoms with E-state index in [4.69, 9.17) is 37.0 Å². The number of phosphoric acid groups is 2. The predicted octanol–water partition coefficient (Wildman–Crippen LogP) is 25.6. The molecule has 0 aromatic heterocycles. The molecule has 0 rings (SSSR count). The van der Waals surface area contributed by atoms with Gasteiger partial charge in [0.15, 0.2) is 12.2 Å². The lowest BCUT2D eigenvalue weighted by molar-refractivity contribution is -0.161. The van der Waals surface area contributed by atoms with Crippen molar-refractivity contribution in [3.05, 3.63) is 0 Å². The zero-order valence-corrected chi connectivity index (χ0v) is 70.5. The SMILES string of the molecule is CCC(C)CCCCCCCCCCCCCCCCCCCCC(=O)O[C@H](COC(=O)CCCCCCCCCCCCCCCCC(C)C)COP(=O)(O)OC[C@@H](O)COP(=O)(O)OC[C@@H](COC(=O)CCCCCCCCCCC(C)CC)OC(=O)CCCCCCCCCCCCC(C)C. The highest BCUT2D eigenvalue weighted by atomic mass is 31.2. The zero-order valence-electron chi connectivity index (χ0n) is 68.7. The lowest BCUT2D eigenvalue weighted by atomic mass is 9.99. The topological polar surface area (TPSA) is 237 Å². The summed E-state index contributed by atoms with van der Waals surface area (Å²) in [5, 5.41) is 10.7. The van der Waals surface area contributed by atoms with E-state index in [1.807, 2.05) is 0 Å². The van der Waals surface area contributed by atoms with Crippen LogP contribution in [-0.4, -0.2) is 96.7 Å². The third-order valence-corrected chi connectivity index (χ3v) is 22.4. The van der Waals surface area contributed by atoms with Gasteiger partial charge in [0.25, 0.3) is 0 Å². The van der Waals surface area contributed by atoms with E-state index in [1.54, 1.807) is 0 Å². The van der Waals surface area contributed by atoms with E-state index in [0.717, 1.165) is 114 Å². The van der Waals surface area contributed by atoms with Gasteiger partial charge in [-0.15, -0.1) is 0 Å². The molecule has 0 spiro atoms. The van der Waals surface area contributed by atoms with Gasteiger partial charge in [-0.3, -0.25) is 37.3 Å². The largest absolute Gasteiger partial charge is 0.472 e. The lowest BCUT2D eigenvalue weighted by Crippen LogP contribution is -2.30. The number of carbonyl (C=O) groups is 4. The monoisotopic (exact) mass is 1520 g/mol. The van der Waals surface area contributed by atoms with Crippen molar-refractivity contribution in [1.82, 2.24) is 0 Å². The number of phosphoric ester groups is 2. The maximum atomic E-state index is 13.1. The van der Waals surface area contributed by atoms with Crippen LogP contribution in [0.15, 0.2) is 0 Å². The van der Waals surface area contributed by atoms with E-state index in [-0.39, 0.29) is 25.7 Å². The molecule has 0 aliphatic rings. The van der Waals surface area contributed by atoms with Gasteiger partial charge in [-0.2, -0.15) is 0 Å². The number of esters is 4. The molecule has 7 atom stereocenters. The fourth-order valence-corrected chi connectivity index (χ4v) is 14.7. The molecular weight excluding hydrogens is 1350 g/mol. The highest BCUT2D eigenvalue weighted by Crippen LogP contribution is 2.45. The fourth-order valence-electron chi connectivity index (χ4n) is 13.1. The van der Waals surface area contributed by atoms with Crippen LogP contribution >= 0.6 is 15.6 Å². The van der Waals surface area contributed by atoms with Crippen LogP contribution in [0, 0.1) is 23.7 Å². The van der Waals surface area contributed by atoms with E-state index in [9.17, 15) is 43.2 Å². The van der Waals surface area contributed by atoms with Crippen LogP contribution < -0.4 is 0 Å². The van der Waals surface area contributed by atoms with Gasteiger partial charge in [0, 0.05) is 25.7 Å². The Bertz CT molecular complexity index is 2030. The maximum absolute atomic E-state index is 13.1. The molecule has 17 nitrogen and oxygen atoms in total. The van der Waals surface area contributed by atoms with Crippen LogP contribution in [0.4, 0.5) is 0 Å². The summed E-state index contributed by atoms with van der Waals surface area (Å²) in [7, 11) is -9.93. The molecule has 618 valence electrons. The van der Waals surface area contributed by atoms with Gasteiger partial charge in [0.1, 0.15) is 19.3 Å². The standard InChI is InChI=1S/C85H166O17P2/c1-9-77(7)63-55-47-39-31-24-20-15-13-11-12-14-16-22-26-33-43-51-59-67-84(89)101-80(71-95-82(87)65-57-49-41-32-25-21-18-17-19-23-29-37-45-53-61-75(3)4)73-99-103(91,92)97-69-79(86)70-98-104(93,94)100-74-81(72-96-83(88)66-58-50-42-36-35-40-48-56-64-78(8)10-2)102-85(90)68-60-52-44-34-28-27-30-38-46-54-62-76(5)6/h75-81,86H,9-74H2,1-8H3,(H,91,92)(H,93,94)/t77?,78?,79-,80-,81-/m1/s1. The number of rotatable bonds is 82. The number of hydrogen-bond acceptors (Lipinski definition) is 15. The molecular formula is C85H166O17P2. The van der Waals surface area contributed by atoms with Crippen molar-refractivity contribution >= 4 is 39.5 Å². The molecule has 0 saturated carbocycles. The summed E-state index contributed by atoms with van der Waals surface area (Å²) >= 11 is 0. The number of ether oxygens (including phenoxy) is 4. The van der Waals surface area contributed by atoms with Crippen molar-refractivity contribution in [2.24, 2.45) is 23.7 Å². The van der Waals surface area contributed by atoms with Crippen molar-refractivity contribution in [1.29, 1.82) is 0 Å². The first-order valence-electron chi connectivity index (χ1n) is 43.8. The molecule has 0 bridgehead atoms. The van der Waals surface area contributed by atoms with E-state index >= 15 is 0 Å². The van der Waals surface area contributed by atoms with Gasteiger partial charge < -0.3 is 33.8 Å². The molecule has 4 unspecified atom stereocenters. The molecule has 3 N–H and O–H groups in total. The van der Waals surface area contributed by atoms with E-state index in [0.29, 0.717) is 25.7 Å². The molecule has 0 heterocycles. The van der Waals surface area contributed by atoms with E-state index < -0.39 is 97.5 Å². The molecule has 0 fully saturated rings. The Morgan fingerprint density at radius 3 is 0.683 bits per heavy atom. The highest BCUT2D eigenvalue weighted by Gasteiger charge is 2.30. The van der Waals surface area contributed by atoms with Gasteiger partial charge in [-0.05, 0) is 49.4 Å². The van der Waals surface area contributed by atoms with Crippen molar-refractivity contribution in [2.45, 2.75) is 459 Å². The van der Waals surface area contributed by atoms with Crippen LogP contribution in [-0.2, 0) is 65.4 Å². The van der Waals surface area contributed by atoms with Crippen molar-refractivity contribution in [3.63, 3.8) is 0 Å². The third kappa shape index (κ3) is 75.5. The summed E-state index contributed by atoms with van der Waals surface area (Å²) in [6, 6.07) is 0. The van der Waals surface area contributed by atoms with Crippen LogP contribution in [0.3, 0.4) is 0 Å². The smallest absolute Gasteiger partial charge is 0.462 e. The van der Waals surface area contributed by atoms with Crippen LogP contribution in [0.1, 0.15) is 441 Å². The second-order valence-electron chi connectivity index (χ2n) is 32.0. The summed E-state index contributed by atoms with van der Waals surface area (Å²) in [4.78, 5) is 73.2. The Morgan fingerprint density at radius 1 is 0.269 bits per heavy atom. The van der Waals surface area contributed by atoms with Crippen molar-refractivity contribution in [2.75, 3.05) is 39.6 Å². The molecule has 0 aromatic carbocycles. The number of unbranched alkanes of at least 4 members (excludes halogenated alkanes) is 46. The quantitative estimate of drug-likeness (QED) is 0.0222. The first kappa shape index (κ1) is 102. The fraction of sp³-hybridized carbons (Fsp3) is 0.953. The normalized spacial score (nSPS) is 14.5. The average molecular weight is 1520 g/mol. The molecule has 0 aromatic rings. The molecule has 104 heavy (non-hydrogen) atoms. The van der Waals surface area contributed by atoms with Gasteiger partial charge in [0.05, 0.1) is 26.4 Å². The summed E-state index contributed by atoms with van der Waals surface area (Å²) in [5.74, 6) is 1.09.